The van der Waals surface area contributed by atoms with Crippen LogP contribution in [-0.2, 0) is 12.8 Å². The van der Waals surface area contributed by atoms with Crippen molar-refractivity contribution in [1.29, 1.82) is 0 Å². The summed E-state index contributed by atoms with van der Waals surface area (Å²) in [5.41, 5.74) is 4.15. The minimum Gasteiger partial charge on any atom is -0.316 e. The van der Waals surface area contributed by atoms with Crippen molar-refractivity contribution in [2.24, 2.45) is 0 Å². The number of fused-ring (bicyclic) bond motifs is 1. The van der Waals surface area contributed by atoms with Gasteiger partial charge in [-0.15, -0.1) is 12.4 Å². The first kappa shape index (κ1) is 16.6. The summed E-state index contributed by atoms with van der Waals surface area (Å²) in [6.07, 6.45) is 2.08. The monoisotopic (exact) mass is 341 g/mol. The fourth-order valence-electron chi connectivity index (χ4n) is 3.15. The van der Waals surface area contributed by atoms with Crippen LogP contribution in [0.5, 0.6) is 0 Å². The Balaban J connectivity index is 0.00000161. The molecule has 1 N–H and O–H groups in total. The van der Waals surface area contributed by atoms with E-state index in [-0.39, 0.29) is 12.4 Å². The van der Waals surface area contributed by atoms with Crippen molar-refractivity contribution >= 4 is 35.6 Å². The summed E-state index contributed by atoms with van der Waals surface area (Å²) in [5.74, 6) is 0.494. The fraction of sp³-hybridized carbons (Fsp3) is 0.294. The highest BCUT2D eigenvalue weighted by Crippen LogP contribution is 2.36. The van der Waals surface area contributed by atoms with E-state index >= 15 is 0 Å². The molecular weight excluding hydrogens is 325 g/mol. The van der Waals surface area contributed by atoms with Gasteiger partial charge < -0.3 is 5.32 Å². The lowest BCUT2D eigenvalue weighted by atomic mass is 9.91. The van der Waals surface area contributed by atoms with Crippen molar-refractivity contribution < 1.29 is 0 Å². The van der Waals surface area contributed by atoms with Crippen LogP contribution >= 0.6 is 35.6 Å². The first-order valence-electron chi connectivity index (χ1n) is 6.88. The van der Waals surface area contributed by atoms with Gasteiger partial charge in [-0.3, -0.25) is 0 Å². The molecule has 2 aromatic rings. The Kier molecular flexibility index (Phi) is 5.56. The van der Waals surface area contributed by atoms with Crippen LogP contribution in [0.4, 0.5) is 0 Å². The van der Waals surface area contributed by atoms with Crippen LogP contribution in [0.2, 0.25) is 10.0 Å². The molecule has 112 valence electrons. The number of hydrogen-bond acceptors (Lipinski definition) is 1. The Morgan fingerprint density at radius 3 is 2.57 bits per heavy atom. The molecule has 21 heavy (non-hydrogen) atoms. The first-order valence-corrected chi connectivity index (χ1v) is 7.63. The van der Waals surface area contributed by atoms with Gasteiger partial charge in [-0.05, 0) is 48.7 Å². The molecule has 0 unspecified atom stereocenters. The maximum atomic E-state index is 6.12. The molecule has 0 radical (unpaired) electrons. The van der Waals surface area contributed by atoms with Crippen molar-refractivity contribution in [2.75, 3.05) is 7.05 Å². The summed E-state index contributed by atoms with van der Waals surface area (Å²) in [6.45, 7) is 0. The number of benzene rings is 2. The standard InChI is InChI=1S/C17H17Cl2N.ClH/c1-20-17-10-12-4-2-3-5-13(12)14(17)8-11-6-7-15(18)16(19)9-11;/h2-7,9,14,17,20H,8,10H2,1H3;1H/t14-,17+;/m1./s1. The molecule has 0 saturated heterocycles. The maximum absolute atomic E-state index is 6.12. The summed E-state index contributed by atoms with van der Waals surface area (Å²) in [7, 11) is 2.04. The van der Waals surface area contributed by atoms with E-state index in [1.807, 2.05) is 19.2 Å². The van der Waals surface area contributed by atoms with Gasteiger partial charge in [-0.25, -0.2) is 0 Å². The van der Waals surface area contributed by atoms with Crippen LogP contribution in [0, 0.1) is 0 Å². The lowest BCUT2D eigenvalue weighted by molar-refractivity contribution is 0.492. The van der Waals surface area contributed by atoms with Gasteiger partial charge in [-0.1, -0.05) is 53.5 Å². The smallest absolute Gasteiger partial charge is 0.0595 e. The zero-order chi connectivity index (χ0) is 14.1. The van der Waals surface area contributed by atoms with E-state index < -0.39 is 0 Å². The second-order valence-electron chi connectivity index (χ2n) is 5.36. The lowest BCUT2D eigenvalue weighted by Gasteiger charge is -2.20. The van der Waals surface area contributed by atoms with E-state index in [9.17, 15) is 0 Å². The second-order valence-corrected chi connectivity index (χ2v) is 6.17. The van der Waals surface area contributed by atoms with E-state index in [1.54, 1.807) is 0 Å². The Morgan fingerprint density at radius 1 is 1.10 bits per heavy atom. The molecule has 0 spiro atoms. The molecule has 0 aliphatic heterocycles. The molecule has 2 aromatic carbocycles. The number of nitrogens with one attached hydrogen (secondary N) is 1. The molecule has 0 aromatic heterocycles. The van der Waals surface area contributed by atoms with Gasteiger partial charge in [-0.2, -0.15) is 0 Å². The fourth-order valence-corrected chi connectivity index (χ4v) is 3.47. The van der Waals surface area contributed by atoms with Crippen molar-refractivity contribution in [1.82, 2.24) is 5.32 Å². The highest BCUT2D eigenvalue weighted by atomic mass is 35.5. The van der Waals surface area contributed by atoms with Gasteiger partial charge in [0, 0.05) is 12.0 Å². The van der Waals surface area contributed by atoms with Gasteiger partial charge in [0.1, 0.15) is 0 Å². The third-order valence-electron chi connectivity index (χ3n) is 4.19. The summed E-state index contributed by atoms with van der Waals surface area (Å²) in [5, 5.41) is 4.70. The maximum Gasteiger partial charge on any atom is 0.0595 e. The van der Waals surface area contributed by atoms with Gasteiger partial charge in [0.05, 0.1) is 10.0 Å². The summed E-state index contributed by atoms with van der Waals surface area (Å²) in [4.78, 5) is 0. The molecule has 1 aliphatic carbocycles. The zero-order valence-corrected chi connectivity index (χ0v) is 14.1. The van der Waals surface area contributed by atoms with Crippen LogP contribution in [0.1, 0.15) is 22.6 Å². The average molecular weight is 343 g/mol. The highest BCUT2D eigenvalue weighted by Gasteiger charge is 2.31. The minimum atomic E-state index is 0. The van der Waals surface area contributed by atoms with Crippen molar-refractivity contribution in [2.45, 2.75) is 24.8 Å². The molecule has 3 rings (SSSR count). The van der Waals surface area contributed by atoms with Crippen molar-refractivity contribution in [3.8, 4) is 0 Å². The molecular formula is C17H18Cl3N. The van der Waals surface area contributed by atoms with Crippen LogP contribution in [0.15, 0.2) is 42.5 Å². The largest absolute Gasteiger partial charge is 0.316 e. The number of hydrogen-bond donors (Lipinski definition) is 1. The van der Waals surface area contributed by atoms with E-state index in [2.05, 4.69) is 35.6 Å². The third kappa shape index (κ3) is 3.37. The van der Waals surface area contributed by atoms with Crippen molar-refractivity contribution in [3.05, 3.63) is 69.2 Å². The molecule has 0 saturated carbocycles. The Hall–Kier alpha value is -0.730. The SMILES string of the molecule is CN[C@H]1Cc2ccccc2[C@H]1Cc1ccc(Cl)c(Cl)c1.Cl. The molecule has 1 nitrogen and oxygen atoms in total. The van der Waals surface area contributed by atoms with E-state index in [0.717, 1.165) is 12.8 Å². The second kappa shape index (κ2) is 7.02. The highest BCUT2D eigenvalue weighted by molar-refractivity contribution is 6.42. The molecule has 1 aliphatic rings. The summed E-state index contributed by atoms with van der Waals surface area (Å²) in [6, 6.07) is 15.1. The number of likely N-dealkylation sites (N-methyl/N-ethyl adjacent to an activating group) is 1. The molecule has 0 bridgehead atoms. The van der Waals surface area contributed by atoms with Crippen molar-refractivity contribution in [3.63, 3.8) is 0 Å². The van der Waals surface area contributed by atoms with E-state index in [0.29, 0.717) is 22.0 Å². The van der Waals surface area contributed by atoms with Crippen LogP contribution < -0.4 is 5.32 Å². The predicted octanol–water partition coefficient (Wildman–Crippen LogP) is 4.89. The molecule has 4 heteroatoms. The molecule has 0 fully saturated rings. The Morgan fingerprint density at radius 2 is 1.86 bits per heavy atom. The minimum absolute atomic E-state index is 0. The molecule has 0 amide bonds. The quantitative estimate of drug-likeness (QED) is 0.837. The van der Waals surface area contributed by atoms with Crippen LogP contribution in [-0.4, -0.2) is 13.1 Å². The Bertz CT molecular complexity index is 627. The molecule has 2 atom stereocenters. The number of halogens is 3. The Labute approximate surface area is 142 Å². The van der Waals surface area contributed by atoms with Gasteiger partial charge >= 0.3 is 0 Å². The zero-order valence-electron chi connectivity index (χ0n) is 11.8. The number of rotatable bonds is 3. The first-order chi connectivity index (χ1) is 9.69. The lowest BCUT2D eigenvalue weighted by Crippen LogP contribution is -2.30. The normalized spacial score (nSPS) is 20.0. The molecule has 0 heterocycles. The topological polar surface area (TPSA) is 12.0 Å². The van der Waals surface area contributed by atoms with Gasteiger partial charge in [0.25, 0.3) is 0 Å². The van der Waals surface area contributed by atoms with E-state index in [1.165, 1.54) is 16.7 Å². The van der Waals surface area contributed by atoms with Gasteiger partial charge in [0.15, 0.2) is 0 Å². The summed E-state index contributed by atoms with van der Waals surface area (Å²) >= 11 is 12.1. The van der Waals surface area contributed by atoms with Crippen LogP contribution in [0.3, 0.4) is 0 Å². The summed E-state index contributed by atoms with van der Waals surface area (Å²) < 4.78 is 0. The third-order valence-corrected chi connectivity index (χ3v) is 4.93. The van der Waals surface area contributed by atoms with E-state index in [4.69, 9.17) is 23.2 Å². The van der Waals surface area contributed by atoms with Crippen LogP contribution in [0.25, 0.3) is 0 Å². The average Bonchev–Trinajstić information content (AvgIpc) is 2.81. The predicted molar refractivity (Wildman–Crippen MR) is 93.1 cm³/mol. The van der Waals surface area contributed by atoms with Gasteiger partial charge in [0.2, 0.25) is 0 Å².